The Morgan fingerprint density at radius 2 is 1.88 bits per heavy atom. The number of benzene rings is 1. The number of β-amino-alcohol motifs (C(OH)–C–C–N with tert-alkyl or cyclic N) is 1. The highest BCUT2D eigenvalue weighted by Crippen LogP contribution is 2.24. The maximum absolute atomic E-state index is 10.2. The number of hydrogen-bond donors (Lipinski definition) is 1. The fraction of sp³-hybridized carbons (Fsp3) is 0.538. The van der Waals surface area contributed by atoms with Gasteiger partial charge in [-0.3, -0.25) is 0 Å². The number of piperidine rings is 1. The maximum atomic E-state index is 10.2. The van der Waals surface area contributed by atoms with Gasteiger partial charge in [-0.15, -0.1) is 0 Å². The highest BCUT2D eigenvalue weighted by molar-refractivity contribution is 9.10. The zero-order valence-corrected chi connectivity index (χ0v) is 11.0. The van der Waals surface area contributed by atoms with E-state index in [0.29, 0.717) is 0 Å². The molecule has 16 heavy (non-hydrogen) atoms. The first kappa shape index (κ1) is 12.1. The van der Waals surface area contributed by atoms with Gasteiger partial charge in [-0.25, -0.2) is 0 Å². The van der Waals surface area contributed by atoms with Crippen LogP contribution in [0.2, 0.25) is 0 Å². The van der Waals surface area contributed by atoms with Crippen molar-refractivity contribution < 1.29 is 5.11 Å². The highest BCUT2D eigenvalue weighted by atomic mass is 79.9. The SMILES string of the molecule is OC(CN1CCCCC1)c1ccccc1Br. The zero-order valence-electron chi connectivity index (χ0n) is 9.40. The van der Waals surface area contributed by atoms with Crippen LogP contribution >= 0.6 is 15.9 Å². The number of nitrogens with zero attached hydrogens (tertiary/aromatic N) is 1. The Morgan fingerprint density at radius 1 is 1.19 bits per heavy atom. The van der Waals surface area contributed by atoms with Crippen molar-refractivity contribution in [2.45, 2.75) is 25.4 Å². The molecule has 1 unspecified atom stereocenters. The lowest BCUT2D eigenvalue weighted by atomic mass is 10.1. The molecule has 1 heterocycles. The second kappa shape index (κ2) is 5.80. The molecule has 1 N–H and O–H groups in total. The van der Waals surface area contributed by atoms with Crippen molar-refractivity contribution in [3.05, 3.63) is 34.3 Å². The standard InChI is InChI=1S/C13H18BrNO/c14-12-7-3-2-6-11(12)13(16)10-15-8-4-1-5-9-15/h2-3,6-7,13,16H,1,4-5,8-10H2. The molecule has 1 aromatic carbocycles. The van der Waals surface area contributed by atoms with E-state index in [1.165, 1.54) is 19.3 Å². The Hall–Kier alpha value is -0.380. The summed E-state index contributed by atoms with van der Waals surface area (Å²) >= 11 is 3.48. The van der Waals surface area contributed by atoms with Gasteiger partial charge in [0.2, 0.25) is 0 Å². The van der Waals surface area contributed by atoms with Gasteiger partial charge in [0.25, 0.3) is 0 Å². The minimum Gasteiger partial charge on any atom is -0.387 e. The molecule has 0 spiro atoms. The third kappa shape index (κ3) is 3.06. The average Bonchev–Trinajstić information content (AvgIpc) is 2.31. The number of hydrogen-bond acceptors (Lipinski definition) is 2. The topological polar surface area (TPSA) is 23.5 Å². The van der Waals surface area contributed by atoms with E-state index in [1.54, 1.807) is 0 Å². The summed E-state index contributed by atoms with van der Waals surface area (Å²) in [7, 11) is 0. The van der Waals surface area contributed by atoms with Crippen molar-refractivity contribution in [3.63, 3.8) is 0 Å². The highest BCUT2D eigenvalue weighted by Gasteiger charge is 2.17. The summed E-state index contributed by atoms with van der Waals surface area (Å²) in [5.74, 6) is 0. The van der Waals surface area contributed by atoms with Gasteiger partial charge in [0, 0.05) is 11.0 Å². The Bertz CT molecular complexity index is 336. The molecular formula is C13H18BrNO. The molecule has 1 aliphatic rings. The third-order valence-electron chi connectivity index (χ3n) is 3.14. The van der Waals surface area contributed by atoms with Crippen LogP contribution in [0.25, 0.3) is 0 Å². The third-order valence-corrected chi connectivity index (χ3v) is 3.87. The lowest BCUT2D eigenvalue weighted by Gasteiger charge is -2.28. The van der Waals surface area contributed by atoms with E-state index in [4.69, 9.17) is 0 Å². The van der Waals surface area contributed by atoms with E-state index in [0.717, 1.165) is 29.7 Å². The van der Waals surface area contributed by atoms with E-state index in [-0.39, 0.29) is 6.10 Å². The summed E-state index contributed by atoms with van der Waals surface area (Å²) in [6.07, 6.45) is 3.49. The van der Waals surface area contributed by atoms with E-state index in [1.807, 2.05) is 24.3 Å². The Morgan fingerprint density at radius 3 is 2.56 bits per heavy atom. The molecule has 1 atom stereocenters. The van der Waals surface area contributed by atoms with E-state index < -0.39 is 0 Å². The minimum atomic E-state index is -0.381. The molecule has 1 fully saturated rings. The van der Waals surface area contributed by atoms with Crippen LogP contribution in [0.5, 0.6) is 0 Å². The quantitative estimate of drug-likeness (QED) is 0.922. The summed E-state index contributed by atoms with van der Waals surface area (Å²) in [5.41, 5.74) is 0.994. The van der Waals surface area contributed by atoms with Gasteiger partial charge in [-0.05, 0) is 37.6 Å². The molecular weight excluding hydrogens is 266 g/mol. The van der Waals surface area contributed by atoms with Gasteiger partial charge in [-0.2, -0.15) is 0 Å². The largest absolute Gasteiger partial charge is 0.387 e. The van der Waals surface area contributed by atoms with Gasteiger partial charge in [0.05, 0.1) is 6.10 Å². The molecule has 0 saturated carbocycles. The van der Waals surface area contributed by atoms with E-state index in [9.17, 15) is 5.11 Å². The van der Waals surface area contributed by atoms with Crippen LogP contribution in [0.1, 0.15) is 30.9 Å². The second-order valence-electron chi connectivity index (χ2n) is 4.40. The lowest BCUT2D eigenvalue weighted by Crippen LogP contribution is -2.33. The molecule has 0 amide bonds. The Labute approximate surface area is 105 Å². The van der Waals surface area contributed by atoms with E-state index >= 15 is 0 Å². The number of aliphatic hydroxyl groups is 1. The predicted octanol–water partition coefficient (Wildman–Crippen LogP) is 2.97. The van der Waals surface area contributed by atoms with Crippen LogP contribution in [0, 0.1) is 0 Å². The first-order chi connectivity index (χ1) is 7.77. The van der Waals surface area contributed by atoms with Gasteiger partial charge in [0.15, 0.2) is 0 Å². The number of rotatable bonds is 3. The molecule has 88 valence electrons. The molecule has 1 aromatic rings. The lowest BCUT2D eigenvalue weighted by molar-refractivity contribution is 0.101. The zero-order chi connectivity index (χ0) is 11.4. The summed E-state index contributed by atoms with van der Waals surface area (Å²) in [5, 5.41) is 10.2. The van der Waals surface area contributed by atoms with Crippen LogP contribution in [0.3, 0.4) is 0 Å². The summed E-state index contributed by atoms with van der Waals surface area (Å²) in [6.45, 7) is 3.01. The number of aliphatic hydroxyl groups excluding tert-OH is 1. The van der Waals surface area contributed by atoms with E-state index in [2.05, 4.69) is 20.8 Å². The van der Waals surface area contributed by atoms with Crippen LogP contribution in [-0.2, 0) is 0 Å². The summed E-state index contributed by atoms with van der Waals surface area (Å²) < 4.78 is 1.000. The molecule has 2 nitrogen and oxygen atoms in total. The number of likely N-dealkylation sites (tertiary alicyclic amines) is 1. The van der Waals surface area contributed by atoms with Crippen LogP contribution in [0.15, 0.2) is 28.7 Å². The van der Waals surface area contributed by atoms with Gasteiger partial charge in [0.1, 0.15) is 0 Å². The first-order valence-corrected chi connectivity index (χ1v) is 6.71. The normalized spacial score (nSPS) is 19.6. The number of halogens is 1. The van der Waals surface area contributed by atoms with Crippen LogP contribution in [0.4, 0.5) is 0 Å². The fourth-order valence-corrected chi connectivity index (χ4v) is 2.78. The van der Waals surface area contributed by atoms with Gasteiger partial charge < -0.3 is 10.0 Å². The van der Waals surface area contributed by atoms with Gasteiger partial charge in [-0.1, -0.05) is 40.5 Å². The molecule has 0 radical (unpaired) electrons. The molecule has 1 saturated heterocycles. The van der Waals surface area contributed by atoms with Crippen molar-refractivity contribution in [2.24, 2.45) is 0 Å². The smallest absolute Gasteiger partial charge is 0.0927 e. The average molecular weight is 284 g/mol. The summed E-state index contributed by atoms with van der Waals surface area (Å²) in [6, 6.07) is 7.91. The molecule has 0 aromatic heterocycles. The summed E-state index contributed by atoms with van der Waals surface area (Å²) in [4.78, 5) is 2.35. The Kier molecular flexibility index (Phi) is 4.38. The molecule has 0 bridgehead atoms. The molecule has 0 aliphatic carbocycles. The van der Waals surface area contributed by atoms with Crippen molar-refractivity contribution in [2.75, 3.05) is 19.6 Å². The van der Waals surface area contributed by atoms with Crippen molar-refractivity contribution >= 4 is 15.9 Å². The van der Waals surface area contributed by atoms with Crippen molar-refractivity contribution in [3.8, 4) is 0 Å². The maximum Gasteiger partial charge on any atom is 0.0927 e. The van der Waals surface area contributed by atoms with Crippen molar-refractivity contribution in [1.82, 2.24) is 4.90 Å². The predicted molar refractivity (Wildman–Crippen MR) is 69.4 cm³/mol. The second-order valence-corrected chi connectivity index (χ2v) is 5.25. The van der Waals surface area contributed by atoms with Crippen LogP contribution in [-0.4, -0.2) is 29.6 Å². The van der Waals surface area contributed by atoms with Crippen LogP contribution < -0.4 is 0 Å². The van der Waals surface area contributed by atoms with Gasteiger partial charge >= 0.3 is 0 Å². The molecule has 3 heteroatoms. The Balaban J connectivity index is 1.96. The molecule has 1 aliphatic heterocycles. The first-order valence-electron chi connectivity index (χ1n) is 5.92. The fourth-order valence-electron chi connectivity index (χ4n) is 2.23. The van der Waals surface area contributed by atoms with Crippen molar-refractivity contribution in [1.29, 1.82) is 0 Å². The monoisotopic (exact) mass is 283 g/mol. The molecule has 2 rings (SSSR count). The minimum absolute atomic E-state index is 0.381.